The van der Waals surface area contributed by atoms with Crippen LogP contribution < -0.4 is 10.5 Å². The molecule has 1 atom stereocenters. The predicted octanol–water partition coefficient (Wildman–Crippen LogP) is 2.40. The number of rotatable bonds is 5. The van der Waals surface area contributed by atoms with Gasteiger partial charge >= 0.3 is 0 Å². The summed E-state index contributed by atoms with van der Waals surface area (Å²) in [6.45, 7) is 0.361. The largest absolute Gasteiger partial charge is 0.486 e. The molecule has 0 aliphatic rings. The van der Waals surface area contributed by atoms with Crippen LogP contribution in [0.2, 0.25) is 0 Å². The number of halogens is 1. The molecule has 0 saturated carbocycles. The molecule has 2 aromatic carbocycles. The Morgan fingerprint density at radius 2 is 1.89 bits per heavy atom. The fraction of sp³-hybridized carbons (Fsp3) is 0.200. The summed E-state index contributed by atoms with van der Waals surface area (Å²) < 4.78 is 19.2. The lowest BCUT2D eigenvalue weighted by molar-refractivity contribution is 0.186. The lowest BCUT2D eigenvalue weighted by Crippen LogP contribution is -2.11. The monoisotopic (exact) mass is 261 g/mol. The van der Waals surface area contributed by atoms with Gasteiger partial charge in [0.1, 0.15) is 6.61 Å². The maximum atomic E-state index is 13.8. The van der Waals surface area contributed by atoms with Gasteiger partial charge in [-0.25, -0.2) is 4.39 Å². The number of hydrogen-bond donors (Lipinski definition) is 2. The molecule has 0 aliphatic carbocycles. The molecule has 0 fully saturated rings. The Labute approximate surface area is 111 Å². The van der Waals surface area contributed by atoms with Gasteiger partial charge in [-0.1, -0.05) is 36.4 Å². The minimum atomic E-state index is -0.849. The van der Waals surface area contributed by atoms with E-state index >= 15 is 0 Å². The van der Waals surface area contributed by atoms with Gasteiger partial charge in [-0.2, -0.15) is 0 Å². The van der Waals surface area contributed by atoms with Crippen LogP contribution in [0.25, 0.3) is 0 Å². The molecule has 2 aromatic rings. The lowest BCUT2D eigenvalue weighted by atomic mass is 10.1. The van der Waals surface area contributed by atoms with Gasteiger partial charge in [0.2, 0.25) is 0 Å². The molecule has 0 aromatic heterocycles. The van der Waals surface area contributed by atoms with Crippen LogP contribution in [0.4, 0.5) is 4.39 Å². The topological polar surface area (TPSA) is 55.5 Å². The maximum absolute atomic E-state index is 13.8. The third-order valence-corrected chi connectivity index (χ3v) is 2.80. The van der Waals surface area contributed by atoms with Gasteiger partial charge in [-0.3, -0.25) is 0 Å². The average Bonchev–Trinajstić information content (AvgIpc) is 2.46. The molecule has 3 N–H and O–H groups in total. The molecule has 4 heteroatoms. The highest BCUT2D eigenvalue weighted by Gasteiger charge is 2.10. The van der Waals surface area contributed by atoms with Crippen molar-refractivity contribution < 1.29 is 14.2 Å². The number of ether oxygens (including phenoxy) is 1. The van der Waals surface area contributed by atoms with E-state index in [-0.39, 0.29) is 12.3 Å². The van der Waals surface area contributed by atoms with Gasteiger partial charge in [-0.15, -0.1) is 0 Å². The third kappa shape index (κ3) is 3.53. The van der Waals surface area contributed by atoms with Crippen molar-refractivity contribution in [3.63, 3.8) is 0 Å². The van der Waals surface area contributed by atoms with E-state index < -0.39 is 11.9 Å². The molecular weight excluding hydrogens is 245 g/mol. The first-order valence-electron chi connectivity index (χ1n) is 6.05. The Kier molecular flexibility index (Phi) is 4.49. The first kappa shape index (κ1) is 13.5. The highest BCUT2D eigenvalue weighted by atomic mass is 19.1. The molecular formula is C15H16FNO2. The fourth-order valence-electron chi connectivity index (χ4n) is 1.71. The van der Waals surface area contributed by atoms with E-state index in [2.05, 4.69) is 0 Å². The summed E-state index contributed by atoms with van der Waals surface area (Å²) in [5.41, 5.74) is 6.74. The van der Waals surface area contributed by atoms with Crippen LogP contribution in [0, 0.1) is 5.82 Å². The van der Waals surface area contributed by atoms with Crippen LogP contribution >= 0.6 is 0 Å². The Bertz CT molecular complexity index is 531. The van der Waals surface area contributed by atoms with Crippen molar-refractivity contribution in [3.8, 4) is 5.75 Å². The van der Waals surface area contributed by atoms with Gasteiger partial charge in [0, 0.05) is 6.54 Å². The van der Waals surface area contributed by atoms with Gasteiger partial charge in [0.05, 0.1) is 6.10 Å². The summed E-state index contributed by atoms with van der Waals surface area (Å²) in [6, 6.07) is 13.9. The molecule has 2 rings (SSSR count). The van der Waals surface area contributed by atoms with E-state index in [1.807, 2.05) is 30.3 Å². The van der Waals surface area contributed by atoms with Crippen molar-refractivity contribution in [2.24, 2.45) is 5.73 Å². The number of nitrogens with two attached hydrogens (primary N) is 1. The molecule has 0 saturated heterocycles. The smallest absolute Gasteiger partial charge is 0.165 e. The molecule has 0 heterocycles. The van der Waals surface area contributed by atoms with Crippen LogP contribution in [-0.2, 0) is 6.61 Å². The first-order chi connectivity index (χ1) is 9.20. The highest BCUT2D eigenvalue weighted by molar-refractivity contribution is 5.31. The molecule has 19 heavy (non-hydrogen) atoms. The molecule has 3 nitrogen and oxygen atoms in total. The zero-order valence-corrected chi connectivity index (χ0v) is 10.4. The van der Waals surface area contributed by atoms with Crippen LogP contribution in [0.5, 0.6) is 5.75 Å². The number of aliphatic hydroxyl groups excluding tert-OH is 1. The second kappa shape index (κ2) is 6.31. The van der Waals surface area contributed by atoms with E-state index in [0.29, 0.717) is 12.2 Å². The summed E-state index contributed by atoms with van der Waals surface area (Å²) in [4.78, 5) is 0. The van der Waals surface area contributed by atoms with Crippen molar-refractivity contribution in [2.75, 3.05) is 6.54 Å². The van der Waals surface area contributed by atoms with E-state index in [4.69, 9.17) is 10.5 Å². The minimum Gasteiger partial charge on any atom is -0.486 e. The van der Waals surface area contributed by atoms with Crippen molar-refractivity contribution in [3.05, 3.63) is 65.5 Å². The van der Waals surface area contributed by atoms with Crippen molar-refractivity contribution in [1.29, 1.82) is 0 Å². The summed E-state index contributed by atoms with van der Waals surface area (Å²) >= 11 is 0. The van der Waals surface area contributed by atoms with Gasteiger partial charge in [0.25, 0.3) is 0 Å². The van der Waals surface area contributed by atoms with Crippen molar-refractivity contribution >= 4 is 0 Å². The Hall–Kier alpha value is -1.91. The van der Waals surface area contributed by atoms with Crippen LogP contribution in [0.15, 0.2) is 48.5 Å². The molecule has 100 valence electrons. The Morgan fingerprint density at radius 1 is 1.16 bits per heavy atom. The lowest BCUT2D eigenvalue weighted by Gasteiger charge is -2.11. The normalized spacial score (nSPS) is 12.2. The van der Waals surface area contributed by atoms with E-state index in [9.17, 15) is 9.50 Å². The van der Waals surface area contributed by atoms with Crippen LogP contribution in [0.3, 0.4) is 0 Å². The Balaban J connectivity index is 2.05. The maximum Gasteiger partial charge on any atom is 0.165 e. The molecule has 0 radical (unpaired) electrons. The van der Waals surface area contributed by atoms with E-state index in [0.717, 1.165) is 5.56 Å². The van der Waals surface area contributed by atoms with E-state index in [1.165, 1.54) is 12.1 Å². The number of benzene rings is 2. The van der Waals surface area contributed by atoms with Gasteiger partial charge in [0.15, 0.2) is 11.6 Å². The standard InChI is InChI=1S/C15H16FNO2/c16-13-8-12(14(18)9-17)6-7-15(13)19-10-11-4-2-1-3-5-11/h1-8,14,18H,9-10,17H2/t14-/m0/s1. The predicted molar refractivity (Wildman–Crippen MR) is 71.2 cm³/mol. The first-order valence-corrected chi connectivity index (χ1v) is 6.05. The number of hydrogen-bond acceptors (Lipinski definition) is 3. The minimum absolute atomic E-state index is 0.0592. The second-order valence-electron chi connectivity index (χ2n) is 4.22. The summed E-state index contributed by atoms with van der Waals surface area (Å²) in [5, 5.41) is 9.52. The zero-order valence-electron chi connectivity index (χ0n) is 10.4. The zero-order chi connectivity index (χ0) is 13.7. The van der Waals surface area contributed by atoms with Crippen LogP contribution in [0.1, 0.15) is 17.2 Å². The summed E-state index contributed by atoms with van der Waals surface area (Å²) in [7, 11) is 0. The average molecular weight is 261 g/mol. The summed E-state index contributed by atoms with van der Waals surface area (Å²) in [6.07, 6.45) is -0.849. The van der Waals surface area contributed by atoms with Crippen LogP contribution in [-0.4, -0.2) is 11.7 Å². The number of aliphatic hydroxyl groups is 1. The molecule has 0 unspecified atom stereocenters. The molecule has 0 spiro atoms. The van der Waals surface area contributed by atoms with Crippen molar-refractivity contribution in [1.82, 2.24) is 0 Å². The second-order valence-corrected chi connectivity index (χ2v) is 4.22. The van der Waals surface area contributed by atoms with Gasteiger partial charge < -0.3 is 15.6 Å². The molecule has 0 bridgehead atoms. The SMILES string of the molecule is NC[C@H](O)c1ccc(OCc2ccccc2)c(F)c1. The summed E-state index contributed by atoms with van der Waals surface area (Å²) in [5.74, 6) is -0.335. The quantitative estimate of drug-likeness (QED) is 0.869. The van der Waals surface area contributed by atoms with Gasteiger partial charge in [-0.05, 0) is 23.3 Å². The fourth-order valence-corrected chi connectivity index (χ4v) is 1.71. The highest BCUT2D eigenvalue weighted by Crippen LogP contribution is 2.22. The molecule has 0 aliphatic heterocycles. The van der Waals surface area contributed by atoms with Crippen molar-refractivity contribution in [2.45, 2.75) is 12.7 Å². The van der Waals surface area contributed by atoms with E-state index in [1.54, 1.807) is 6.07 Å². The third-order valence-electron chi connectivity index (χ3n) is 2.80. The molecule has 0 amide bonds. The Morgan fingerprint density at radius 3 is 2.53 bits per heavy atom.